The monoisotopic (exact) mass is 291 g/mol. The third kappa shape index (κ3) is 2.21. The maximum atomic E-state index is 13.5. The summed E-state index contributed by atoms with van der Waals surface area (Å²) in [7, 11) is 0. The van der Waals surface area contributed by atoms with Crippen molar-refractivity contribution in [3.05, 3.63) is 46.2 Å². The smallest absolute Gasteiger partial charge is 0.143 e. The summed E-state index contributed by atoms with van der Waals surface area (Å²) in [5, 5.41) is 17.2. The molecule has 0 aliphatic carbocycles. The Balaban J connectivity index is 2.04. The summed E-state index contributed by atoms with van der Waals surface area (Å²) < 4.78 is 19.9. The second-order valence-corrected chi connectivity index (χ2v) is 5.06. The number of nitrogens with one attached hydrogen (secondary N) is 1. The molecule has 8 heteroatoms. The summed E-state index contributed by atoms with van der Waals surface area (Å²) in [6.07, 6.45) is 1.44. The molecule has 0 saturated heterocycles. The van der Waals surface area contributed by atoms with Gasteiger partial charge in [-0.05, 0) is 17.5 Å². The van der Waals surface area contributed by atoms with E-state index >= 15 is 0 Å². The molecule has 0 amide bonds. The van der Waals surface area contributed by atoms with Gasteiger partial charge < -0.3 is 10.3 Å². The molecular weight excluding hydrogens is 281 g/mol. The zero-order valence-electron chi connectivity index (χ0n) is 10.2. The zero-order valence-corrected chi connectivity index (χ0v) is 11.0. The van der Waals surface area contributed by atoms with Crippen LogP contribution in [0.2, 0.25) is 0 Å². The first-order valence-electron chi connectivity index (χ1n) is 5.70. The van der Waals surface area contributed by atoms with E-state index in [0.717, 1.165) is 0 Å². The van der Waals surface area contributed by atoms with Gasteiger partial charge in [-0.1, -0.05) is 5.16 Å². The van der Waals surface area contributed by atoms with Gasteiger partial charge in [-0.3, -0.25) is 10.1 Å². The molecule has 20 heavy (non-hydrogen) atoms. The molecule has 0 radical (unpaired) electrons. The van der Waals surface area contributed by atoms with Crippen LogP contribution in [0.1, 0.15) is 10.6 Å². The number of amidine groups is 1. The molecule has 3 aromatic heterocycles. The number of nitrogen functional groups attached to an aromatic ring is 1. The van der Waals surface area contributed by atoms with E-state index in [2.05, 4.69) is 10.3 Å². The lowest BCUT2D eigenvalue weighted by molar-refractivity contribution is 0.421. The van der Waals surface area contributed by atoms with Crippen molar-refractivity contribution in [3.63, 3.8) is 0 Å². The molecule has 3 aromatic rings. The highest BCUT2D eigenvalue weighted by atomic mass is 32.1. The number of aromatic nitrogens is 3. The van der Waals surface area contributed by atoms with Crippen molar-refractivity contribution in [2.45, 2.75) is 6.54 Å². The zero-order chi connectivity index (χ0) is 14.1. The summed E-state index contributed by atoms with van der Waals surface area (Å²) >= 11 is 1.30. The van der Waals surface area contributed by atoms with Gasteiger partial charge in [0.2, 0.25) is 0 Å². The first-order valence-corrected chi connectivity index (χ1v) is 6.58. The van der Waals surface area contributed by atoms with E-state index in [4.69, 9.17) is 15.7 Å². The Bertz CT molecular complexity index is 746. The third-order valence-electron chi connectivity index (χ3n) is 2.74. The van der Waals surface area contributed by atoms with Crippen LogP contribution >= 0.6 is 11.3 Å². The Kier molecular flexibility index (Phi) is 3.07. The molecule has 0 aliphatic heterocycles. The topological polar surface area (TPSA) is 93.7 Å². The fourth-order valence-electron chi connectivity index (χ4n) is 1.79. The maximum Gasteiger partial charge on any atom is 0.143 e. The fourth-order valence-corrected chi connectivity index (χ4v) is 2.52. The minimum Gasteiger partial charge on any atom is -0.382 e. The van der Waals surface area contributed by atoms with Gasteiger partial charge in [0.15, 0.2) is 0 Å². The molecule has 3 N–H and O–H groups in total. The van der Waals surface area contributed by atoms with Crippen LogP contribution in [0.4, 0.5) is 4.39 Å². The number of hydrogen-bond acceptors (Lipinski definition) is 5. The average Bonchev–Trinajstić information content (AvgIpc) is 3.11. The first kappa shape index (κ1) is 12.5. The Morgan fingerprint density at radius 2 is 2.35 bits per heavy atom. The van der Waals surface area contributed by atoms with Crippen molar-refractivity contribution in [1.29, 1.82) is 5.41 Å². The van der Waals surface area contributed by atoms with Gasteiger partial charge in [0.25, 0.3) is 0 Å². The van der Waals surface area contributed by atoms with E-state index in [-0.39, 0.29) is 18.2 Å². The van der Waals surface area contributed by atoms with E-state index in [9.17, 15) is 4.39 Å². The normalized spacial score (nSPS) is 10.8. The standard InChI is InChI=1S/C12H10FN5OS/c13-7-2-4-20-11(7)6-18-10(8-1-3-19-17-8)5-9(16-18)12(14)15/h1-5H,6H2,(H3,14,15). The van der Waals surface area contributed by atoms with Crippen molar-refractivity contribution in [1.82, 2.24) is 14.9 Å². The Labute approximate surface area is 117 Å². The van der Waals surface area contributed by atoms with E-state index in [1.54, 1.807) is 22.2 Å². The van der Waals surface area contributed by atoms with Crippen molar-refractivity contribution < 1.29 is 8.91 Å². The molecule has 0 saturated carbocycles. The predicted octanol–water partition coefficient (Wildman–Crippen LogP) is 2.07. The van der Waals surface area contributed by atoms with Gasteiger partial charge in [-0.25, -0.2) is 4.39 Å². The van der Waals surface area contributed by atoms with E-state index in [1.165, 1.54) is 23.7 Å². The van der Waals surface area contributed by atoms with Gasteiger partial charge in [0, 0.05) is 6.07 Å². The molecule has 0 bridgehead atoms. The Morgan fingerprint density at radius 1 is 1.50 bits per heavy atom. The van der Waals surface area contributed by atoms with Crippen molar-refractivity contribution in [2.75, 3.05) is 0 Å². The molecule has 0 atom stereocenters. The lowest BCUT2D eigenvalue weighted by Crippen LogP contribution is -2.13. The number of hydrogen-bond donors (Lipinski definition) is 2. The number of nitrogens with two attached hydrogens (primary N) is 1. The SMILES string of the molecule is N=C(N)c1cc(-c2ccon2)n(Cc2sccc2F)n1. The predicted molar refractivity (Wildman–Crippen MR) is 72.1 cm³/mol. The van der Waals surface area contributed by atoms with Crippen LogP contribution in [0.5, 0.6) is 0 Å². The summed E-state index contributed by atoms with van der Waals surface area (Å²) in [6.45, 7) is 0.249. The minimum atomic E-state index is -0.277. The molecule has 0 spiro atoms. The van der Waals surface area contributed by atoms with Gasteiger partial charge >= 0.3 is 0 Å². The quantitative estimate of drug-likeness (QED) is 0.568. The van der Waals surface area contributed by atoms with Gasteiger partial charge in [-0.2, -0.15) is 5.10 Å². The number of nitrogens with zero attached hydrogens (tertiary/aromatic N) is 3. The maximum absolute atomic E-state index is 13.5. The molecule has 0 unspecified atom stereocenters. The number of halogens is 1. The van der Waals surface area contributed by atoms with Crippen LogP contribution in [0.15, 0.2) is 34.4 Å². The first-order chi connectivity index (χ1) is 9.65. The number of thiophene rings is 1. The molecular formula is C12H10FN5OS. The highest BCUT2D eigenvalue weighted by Gasteiger charge is 2.16. The second-order valence-electron chi connectivity index (χ2n) is 4.06. The molecule has 0 aliphatic rings. The van der Waals surface area contributed by atoms with Crippen molar-refractivity contribution in [3.8, 4) is 11.4 Å². The molecule has 0 fully saturated rings. The van der Waals surface area contributed by atoms with Crippen molar-refractivity contribution in [2.24, 2.45) is 5.73 Å². The van der Waals surface area contributed by atoms with Crippen LogP contribution in [0.25, 0.3) is 11.4 Å². The average molecular weight is 291 g/mol. The molecule has 3 heterocycles. The largest absolute Gasteiger partial charge is 0.382 e. The van der Waals surface area contributed by atoms with E-state index < -0.39 is 0 Å². The summed E-state index contributed by atoms with van der Waals surface area (Å²) in [6, 6.07) is 4.71. The minimum absolute atomic E-state index is 0.153. The second kappa shape index (κ2) is 4.89. The van der Waals surface area contributed by atoms with Gasteiger partial charge in [0.05, 0.1) is 17.1 Å². The molecule has 102 valence electrons. The summed E-state index contributed by atoms with van der Waals surface area (Å²) in [5.41, 5.74) is 6.94. The number of rotatable bonds is 4. The van der Waals surface area contributed by atoms with E-state index in [1.807, 2.05) is 0 Å². The van der Waals surface area contributed by atoms with Crippen LogP contribution in [0.3, 0.4) is 0 Å². The summed E-state index contributed by atoms with van der Waals surface area (Å²) in [4.78, 5) is 0.549. The van der Waals surface area contributed by atoms with Crippen LogP contribution < -0.4 is 5.73 Å². The Morgan fingerprint density at radius 3 is 2.95 bits per heavy atom. The van der Waals surface area contributed by atoms with E-state index in [0.29, 0.717) is 22.0 Å². The third-order valence-corrected chi connectivity index (χ3v) is 3.62. The van der Waals surface area contributed by atoms with Gasteiger partial charge in [0.1, 0.15) is 29.3 Å². The van der Waals surface area contributed by atoms with Gasteiger partial charge in [-0.15, -0.1) is 11.3 Å². The lowest BCUT2D eigenvalue weighted by atomic mass is 10.2. The highest BCUT2D eigenvalue weighted by molar-refractivity contribution is 7.09. The summed E-state index contributed by atoms with van der Waals surface area (Å²) in [5.74, 6) is -0.430. The highest BCUT2D eigenvalue weighted by Crippen LogP contribution is 2.22. The molecule has 6 nitrogen and oxygen atoms in total. The lowest BCUT2D eigenvalue weighted by Gasteiger charge is -2.03. The van der Waals surface area contributed by atoms with Crippen molar-refractivity contribution >= 4 is 17.2 Å². The van der Waals surface area contributed by atoms with Crippen LogP contribution in [0, 0.1) is 11.2 Å². The molecule has 0 aromatic carbocycles. The Hall–Kier alpha value is -2.48. The van der Waals surface area contributed by atoms with Crippen LogP contribution in [-0.4, -0.2) is 20.8 Å². The van der Waals surface area contributed by atoms with Crippen LogP contribution in [-0.2, 0) is 6.54 Å². The molecule has 3 rings (SSSR count). The fraction of sp³-hybridized carbons (Fsp3) is 0.0833.